The molecule has 0 spiro atoms. The molecule has 13 heteroatoms. The van der Waals surface area contributed by atoms with Crippen molar-refractivity contribution in [1.29, 1.82) is 0 Å². The normalized spacial score (nSPS) is 12.5. The molecule has 226 valence electrons. The van der Waals surface area contributed by atoms with Crippen molar-refractivity contribution < 1.29 is 31.2 Å². The first-order chi connectivity index (χ1) is 19.6. The highest BCUT2D eigenvalue weighted by molar-refractivity contribution is 9.10. The van der Waals surface area contributed by atoms with Crippen molar-refractivity contribution in [2.24, 2.45) is 0 Å². The number of rotatable bonds is 11. The molecule has 3 aromatic carbocycles. The minimum absolute atomic E-state index is 0.0637. The monoisotopic (exact) mass is 687 g/mol. The summed E-state index contributed by atoms with van der Waals surface area (Å²) in [5.74, 6) is -1.26. The molecule has 0 bridgehead atoms. The molecule has 2 amide bonds. The van der Waals surface area contributed by atoms with Crippen molar-refractivity contribution in [3.63, 3.8) is 0 Å². The number of carbonyl (C=O) groups excluding carboxylic acids is 2. The maximum atomic E-state index is 13.9. The highest BCUT2D eigenvalue weighted by atomic mass is 79.9. The van der Waals surface area contributed by atoms with Crippen LogP contribution in [0.4, 0.5) is 18.9 Å². The average Bonchev–Trinajstić information content (AvgIpc) is 2.92. The van der Waals surface area contributed by atoms with Gasteiger partial charge in [-0.15, -0.1) is 0 Å². The lowest BCUT2D eigenvalue weighted by Crippen LogP contribution is -2.51. The van der Waals surface area contributed by atoms with E-state index in [9.17, 15) is 31.2 Å². The summed E-state index contributed by atoms with van der Waals surface area (Å²) in [6, 6.07) is 14.3. The van der Waals surface area contributed by atoms with Crippen LogP contribution in [0.1, 0.15) is 37.0 Å². The molecule has 0 aromatic heterocycles. The topological polar surface area (TPSA) is 86.8 Å². The molecule has 0 saturated carbocycles. The van der Waals surface area contributed by atoms with Crippen molar-refractivity contribution >= 4 is 55.1 Å². The number of hydrogen-bond donors (Lipinski definition) is 1. The highest BCUT2D eigenvalue weighted by Gasteiger charge is 2.37. The van der Waals surface area contributed by atoms with Crippen LogP contribution in [0.2, 0.25) is 5.02 Å². The van der Waals surface area contributed by atoms with Crippen molar-refractivity contribution in [2.75, 3.05) is 17.4 Å². The molecule has 0 radical (unpaired) electrons. The number of anilines is 1. The van der Waals surface area contributed by atoms with E-state index in [1.807, 2.05) is 6.92 Å². The number of sulfonamides is 1. The van der Waals surface area contributed by atoms with Gasteiger partial charge >= 0.3 is 6.18 Å². The molecule has 7 nitrogen and oxygen atoms in total. The van der Waals surface area contributed by atoms with Crippen LogP contribution < -0.4 is 9.62 Å². The van der Waals surface area contributed by atoms with E-state index in [-0.39, 0.29) is 11.4 Å². The van der Waals surface area contributed by atoms with Crippen molar-refractivity contribution in [2.45, 2.75) is 50.9 Å². The van der Waals surface area contributed by atoms with Crippen LogP contribution >= 0.6 is 27.5 Å². The van der Waals surface area contributed by atoms with Crippen LogP contribution in [0.15, 0.2) is 76.1 Å². The molecule has 0 fully saturated rings. The summed E-state index contributed by atoms with van der Waals surface area (Å²) in [7, 11) is -4.55. The Morgan fingerprint density at radius 3 is 2.31 bits per heavy atom. The fourth-order valence-corrected chi connectivity index (χ4v) is 6.14. The van der Waals surface area contributed by atoms with Crippen LogP contribution in [0.25, 0.3) is 0 Å². The fourth-order valence-electron chi connectivity index (χ4n) is 4.06. The molecule has 42 heavy (non-hydrogen) atoms. The highest BCUT2D eigenvalue weighted by Crippen LogP contribution is 2.38. The summed E-state index contributed by atoms with van der Waals surface area (Å²) in [4.78, 5) is 27.8. The quantitative estimate of drug-likeness (QED) is 0.247. The first-order valence-electron chi connectivity index (χ1n) is 12.9. The Morgan fingerprint density at radius 1 is 1.05 bits per heavy atom. The number of carbonyl (C=O) groups is 2. The van der Waals surface area contributed by atoms with Gasteiger partial charge < -0.3 is 10.2 Å². The number of halogens is 5. The van der Waals surface area contributed by atoms with Gasteiger partial charge in [0.15, 0.2) is 0 Å². The summed E-state index contributed by atoms with van der Waals surface area (Å²) in [5.41, 5.74) is -0.260. The third-order valence-electron chi connectivity index (χ3n) is 6.39. The average molecular weight is 689 g/mol. The summed E-state index contributed by atoms with van der Waals surface area (Å²) < 4.78 is 70.3. The Kier molecular flexibility index (Phi) is 11.1. The Hall–Kier alpha value is -3.09. The number of nitrogens with zero attached hydrogens (tertiary/aromatic N) is 2. The molecule has 3 aromatic rings. The van der Waals surface area contributed by atoms with Crippen molar-refractivity contribution in [3.05, 3.63) is 92.9 Å². The second-order valence-corrected chi connectivity index (χ2v) is 12.8. The predicted octanol–water partition coefficient (Wildman–Crippen LogP) is 6.57. The zero-order valence-corrected chi connectivity index (χ0v) is 26.2. The van der Waals surface area contributed by atoms with Gasteiger partial charge in [-0.3, -0.25) is 13.9 Å². The zero-order chi connectivity index (χ0) is 31.2. The molecule has 0 aliphatic rings. The zero-order valence-electron chi connectivity index (χ0n) is 23.1. The number of hydrogen-bond acceptors (Lipinski definition) is 4. The second kappa shape index (κ2) is 13.9. The van der Waals surface area contributed by atoms with E-state index >= 15 is 0 Å². The van der Waals surface area contributed by atoms with E-state index in [1.165, 1.54) is 36.1 Å². The summed E-state index contributed by atoms with van der Waals surface area (Å²) >= 11 is 9.17. The molecular formula is C29H30BrClF3N3O4S. The Morgan fingerprint density at radius 2 is 1.71 bits per heavy atom. The van der Waals surface area contributed by atoms with E-state index in [2.05, 4.69) is 21.2 Å². The molecular weight excluding hydrogens is 659 g/mol. The standard InChI is InChI=1S/C29H30BrClF3N3O4S/c1-4-14-35-28(39)20(3)36(17-21-6-5-7-22(30)15-21)27(38)18-37(42(40,41)24-11-8-19(2)9-12-24)23-10-13-26(31)25(16-23)29(32,33)34/h5-13,15-16,20H,4,14,17-18H2,1-3H3,(H,35,39)/t20-/m0/s1. The van der Waals surface area contributed by atoms with Gasteiger partial charge in [0.25, 0.3) is 10.0 Å². The van der Waals surface area contributed by atoms with Gasteiger partial charge in [0, 0.05) is 17.6 Å². The number of nitrogens with one attached hydrogen (secondary N) is 1. The van der Waals surface area contributed by atoms with E-state index in [0.717, 1.165) is 22.2 Å². The van der Waals surface area contributed by atoms with Gasteiger partial charge in [-0.05, 0) is 68.3 Å². The molecule has 1 atom stereocenters. The van der Waals surface area contributed by atoms with Crippen LogP contribution in [-0.4, -0.2) is 44.3 Å². The van der Waals surface area contributed by atoms with Crippen molar-refractivity contribution in [3.8, 4) is 0 Å². The minimum Gasteiger partial charge on any atom is -0.354 e. The third kappa shape index (κ3) is 8.26. The summed E-state index contributed by atoms with van der Waals surface area (Å²) in [6.07, 6.45) is -4.23. The fraction of sp³-hybridized carbons (Fsp3) is 0.310. The van der Waals surface area contributed by atoms with Crippen molar-refractivity contribution in [1.82, 2.24) is 10.2 Å². The van der Waals surface area contributed by atoms with Gasteiger partial charge in [-0.1, -0.05) is 64.3 Å². The van der Waals surface area contributed by atoms with E-state index in [0.29, 0.717) is 28.9 Å². The van der Waals surface area contributed by atoms with E-state index in [1.54, 1.807) is 31.2 Å². The molecule has 0 unspecified atom stereocenters. The summed E-state index contributed by atoms with van der Waals surface area (Å²) in [5, 5.41) is 2.11. The maximum absolute atomic E-state index is 13.9. The molecule has 0 aliphatic heterocycles. The third-order valence-corrected chi connectivity index (χ3v) is 9.00. The largest absolute Gasteiger partial charge is 0.417 e. The van der Waals surface area contributed by atoms with Crippen LogP contribution in [-0.2, 0) is 32.3 Å². The van der Waals surface area contributed by atoms with Crippen LogP contribution in [0.3, 0.4) is 0 Å². The smallest absolute Gasteiger partial charge is 0.354 e. The lowest BCUT2D eigenvalue weighted by Gasteiger charge is -2.32. The SMILES string of the molecule is CCCNC(=O)[C@H](C)N(Cc1cccc(Br)c1)C(=O)CN(c1ccc(Cl)c(C(F)(F)F)c1)S(=O)(=O)c1ccc(C)cc1. The van der Waals surface area contributed by atoms with Gasteiger partial charge in [-0.25, -0.2) is 8.42 Å². The number of alkyl halides is 3. The molecule has 0 aliphatic carbocycles. The second-order valence-electron chi connectivity index (χ2n) is 9.61. The van der Waals surface area contributed by atoms with Gasteiger partial charge in [0.1, 0.15) is 12.6 Å². The Labute approximate surface area is 256 Å². The lowest BCUT2D eigenvalue weighted by molar-refractivity contribution is -0.139. The number of amides is 2. The van der Waals surface area contributed by atoms with Gasteiger partial charge in [-0.2, -0.15) is 13.2 Å². The first kappa shape index (κ1) is 33.4. The van der Waals surface area contributed by atoms with E-state index < -0.39 is 56.9 Å². The molecule has 0 saturated heterocycles. The van der Waals surface area contributed by atoms with E-state index in [4.69, 9.17) is 11.6 Å². The predicted molar refractivity (Wildman–Crippen MR) is 160 cm³/mol. The Balaban J connectivity index is 2.11. The first-order valence-corrected chi connectivity index (χ1v) is 15.5. The minimum atomic E-state index is -4.88. The molecule has 1 N–H and O–H groups in total. The summed E-state index contributed by atoms with van der Waals surface area (Å²) in [6.45, 7) is 4.53. The van der Waals surface area contributed by atoms with Gasteiger partial charge in [0.05, 0.1) is 21.2 Å². The van der Waals surface area contributed by atoms with Crippen LogP contribution in [0, 0.1) is 6.92 Å². The number of aryl methyl sites for hydroxylation is 1. The lowest BCUT2D eigenvalue weighted by atomic mass is 10.1. The Bertz CT molecular complexity index is 1540. The maximum Gasteiger partial charge on any atom is 0.417 e. The molecule has 0 heterocycles. The molecule has 3 rings (SSSR count). The number of benzene rings is 3. The van der Waals surface area contributed by atoms with Crippen LogP contribution in [0.5, 0.6) is 0 Å². The van der Waals surface area contributed by atoms with Gasteiger partial charge in [0.2, 0.25) is 11.8 Å².